The lowest BCUT2D eigenvalue weighted by Gasteiger charge is -2.38. The fraction of sp³-hybridized carbons (Fsp3) is 0.346. The summed E-state index contributed by atoms with van der Waals surface area (Å²) in [5, 5.41) is 3.09. The van der Waals surface area contributed by atoms with Gasteiger partial charge in [0.25, 0.3) is 0 Å². The molecule has 0 N–H and O–H groups in total. The largest absolute Gasteiger partial charge is 0.299 e. The van der Waals surface area contributed by atoms with Crippen LogP contribution in [0.2, 0.25) is 5.02 Å². The molecule has 2 saturated carbocycles. The minimum atomic E-state index is -0.314. The highest BCUT2D eigenvalue weighted by molar-refractivity contribution is 7.14. The van der Waals surface area contributed by atoms with Gasteiger partial charge in [-0.3, -0.25) is 14.5 Å². The second-order valence-corrected chi connectivity index (χ2v) is 10.2. The van der Waals surface area contributed by atoms with Crippen molar-refractivity contribution in [1.82, 2.24) is 4.98 Å². The van der Waals surface area contributed by atoms with Crippen molar-refractivity contribution in [2.24, 2.45) is 17.8 Å². The van der Waals surface area contributed by atoms with Gasteiger partial charge in [0.1, 0.15) is 11.6 Å². The summed E-state index contributed by atoms with van der Waals surface area (Å²) in [6, 6.07) is 13.7. The van der Waals surface area contributed by atoms with Gasteiger partial charge < -0.3 is 0 Å². The predicted octanol–water partition coefficient (Wildman–Crippen LogP) is 6.53. The first-order valence-electron chi connectivity index (χ1n) is 11.3. The summed E-state index contributed by atoms with van der Waals surface area (Å²) in [6.45, 7) is 0.300. The molecule has 1 aromatic heterocycles. The average molecular weight is 483 g/mol. The van der Waals surface area contributed by atoms with E-state index in [1.807, 2.05) is 29.6 Å². The van der Waals surface area contributed by atoms with Crippen LogP contribution in [0.4, 0.5) is 9.52 Å². The van der Waals surface area contributed by atoms with Crippen LogP contribution in [-0.2, 0) is 16.1 Å². The van der Waals surface area contributed by atoms with E-state index in [-0.39, 0.29) is 29.5 Å². The maximum atomic E-state index is 13.8. The van der Waals surface area contributed by atoms with Crippen molar-refractivity contribution in [1.29, 1.82) is 0 Å². The third-order valence-corrected chi connectivity index (χ3v) is 7.98. The molecule has 2 unspecified atom stereocenters. The van der Waals surface area contributed by atoms with Gasteiger partial charge in [-0.15, -0.1) is 11.3 Å². The van der Waals surface area contributed by atoms with E-state index in [1.54, 1.807) is 17.0 Å². The highest BCUT2D eigenvalue weighted by atomic mass is 35.5. The van der Waals surface area contributed by atoms with Crippen LogP contribution < -0.4 is 4.90 Å². The number of Topliss-reactive ketones (excluding diaryl/α,β-unsaturated/α-hetero) is 1. The molecular formula is C26H24ClFN2O2S. The van der Waals surface area contributed by atoms with Gasteiger partial charge in [-0.25, -0.2) is 9.37 Å². The fourth-order valence-corrected chi connectivity index (χ4v) is 6.16. The van der Waals surface area contributed by atoms with Crippen molar-refractivity contribution in [3.8, 4) is 11.3 Å². The molecule has 0 aliphatic heterocycles. The van der Waals surface area contributed by atoms with Crippen LogP contribution in [0, 0.1) is 23.6 Å². The third-order valence-electron chi connectivity index (χ3n) is 6.79. The number of aromatic nitrogens is 1. The molecule has 2 aliphatic rings. The molecule has 33 heavy (non-hydrogen) atoms. The molecule has 0 spiro atoms. The van der Waals surface area contributed by atoms with E-state index in [0.717, 1.165) is 30.4 Å². The normalized spacial score (nSPS) is 22.2. The Morgan fingerprint density at radius 3 is 2.48 bits per heavy atom. The molecule has 5 rings (SSSR count). The molecule has 3 aromatic rings. The van der Waals surface area contributed by atoms with Crippen LogP contribution in [0.25, 0.3) is 11.3 Å². The van der Waals surface area contributed by atoms with Gasteiger partial charge in [-0.05, 0) is 49.4 Å². The summed E-state index contributed by atoms with van der Waals surface area (Å²) in [4.78, 5) is 32.8. The Balaban J connectivity index is 1.46. The molecule has 1 heterocycles. The Hall–Kier alpha value is -2.57. The SMILES string of the molecule is O=C1C2CCCC1CC(C(=O)N(Cc1ccc(F)cc1)c1nc(-c3ccccc3Cl)cs1)C2. The first kappa shape index (κ1) is 22.2. The van der Waals surface area contributed by atoms with Crippen LogP contribution in [0.5, 0.6) is 0 Å². The van der Waals surface area contributed by atoms with Gasteiger partial charge in [0, 0.05) is 33.7 Å². The number of fused-ring (bicyclic) bond motifs is 2. The van der Waals surface area contributed by atoms with Gasteiger partial charge in [-0.2, -0.15) is 0 Å². The number of ketones is 1. The van der Waals surface area contributed by atoms with Crippen molar-refractivity contribution in [3.63, 3.8) is 0 Å². The number of rotatable bonds is 5. The van der Waals surface area contributed by atoms with Crippen LogP contribution in [0.1, 0.15) is 37.7 Å². The van der Waals surface area contributed by atoms with Crippen molar-refractivity contribution >= 4 is 39.8 Å². The van der Waals surface area contributed by atoms with Crippen LogP contribution >= 0.6 is 22.9 Å². The standard InChI is InChI=1S/C26H24ClFN2O2S/c27-22-7-2-1-6-21(22)23-15-33-26(29-23)30(14-16-8-10-20(28)11-9-16)25(32)19-12-17-4-3-5-18(13-19)24(17)31/h1-2,6-11,15,17-19H,3-5,12-14H2. The number of carbonyl (C=O) groups excluding carboxylic acids is 2. The van der Waals surface area contributed by atoms with Gasteiger partial charge in [0.05, 0.1) is 12.2 Å². The van der Waals surface area contributed by atoms with Crippen molar-refractivity contribution in [3.05, 3.63) is 70.3 Å². The summed E-state index contributed by atoms with van der Waals surface area (Å²) >= 11 is 7.75. The molecule has 0 radical (unpaired) electrons. The molecule has 2 aromatic carbocycles. The number of thiazole rings is 1. The Labute approximate surface area is 201 Å². The fourth-order valence-electron chi connectivity index (χ4n) is 5.09. The zero-order valence-corrected chi connectivity index (χ0v) is 19.6. The number of hydrogen-bond acceptors (Lipinski definition) is 4. The summed E-state index contributed by atoms with van der Waals surface area (Å²) in [5.74, 6) is -0.200. The zero-order chi connectivity index (χ0) is 22.9. The second kappa shape index (κ2) is 9.35. The minimum Gasteiger partial charge on any atom is -0.299 e. The lowest BCUT2D eigenvalue weighted by molar-refractivity contribution is -0.136. The highest BCUT2D eigenvalue weighted by Gasteiger charge is 2.42. The molecule has 0 saturated heterocycles. The van der Waals surface area contributed by atoms with E-state index in [2.05, 4.69) is 0 Å². The zero-order valence-electron chi connectivity index (χ0n) is 18.0. The van der Waals surface area contributed by atoms with Crippen LogP contribution in [-0.4, -0.2) is 16.7 Å². The first-order chi connectivity index (χ1) is 16.0. The summed E-state index contributed by atoms with van der Waals surface area (Å²) in [6.07, 6.45) is 4.04. The minimum absolute atomic E-state index is 0.00546. The molecular weight excluding hydrogens is 459 g/mol. The lowest BCUT2D eigenvalue weighted by Crippen LogP contribution is -2.44. The molecule has 7 heteroatoms. The molecule has 1 amide bonds. The number of amides is 1. The average Bonchev–Trinajstić information content (AvgIpc) is 3.28. The molecule has 2 atom stereocenters. The molecule has 4 nitrogen and oxygen atoms in total. The number of carbonyl (C=O) groups is 2. The lowest BCUT2D eigenvalue weighted by atomic mass is 9.67. The van der Waals surface area contributed by atoms with E-state index in [4.69, 9.17) is 16.6 Å². The van der Waals surface area contributed by atoms with E-state index >= 15 is 0 Å². The van der Waals surface area contributed by atoms with Crippen molar-refractivity contribution in [2.75, 3.05) is 4.90 Å². The topological polar surface area (TPSA) is 50.3 Å². The van der Waals surface area contributed by atoms with E-state index in [0.29, 0.717) is 41.0 Å². The predicted molar refractivity (Wildman–Crippen MR) is 129 cm³/mol. The number of benzene rings is 2. The maximum Gasteiger partial charge on any atom is 0.232 e. The summed E-state index contributed by atoms with van der Waals surface area (Å²) in [7, 11) is 0. The number of anilines is 1. The van der Waals surface area contributed by atoms with Gasteiger partial charge in [-0.1, -0.05) is 48.4 Å². The number of hydrogen-bond donors (Lipinski definition) is 0. The van der Waals surface area contributed by atoms with Gasteiger partial charge in [0.15, 0.2) is 5.13 Å². The van der Waals surface area contributed by atoms with Gasteiger partial charge >= 0.3 is 0 Å². The number of halogens is 2. The van der Waals surface area contributed by atoms with Gasteiger partial charge in [0.2, 0.25) is 5.91 Å². The summed E-state index contributed by atoms with van der Waals surface area (Å²) < 4.78 is 13.5. The Kier molecular flexibility index (Phi) is 6.30. The van der Waals surface area contributed by atoms with Crippen LogP contribution in [0.3, 0.4) is 0 Å². The molecule has 170 valence electrons. The smallest absolute Gasteiger partial charge is 0.232 e. The second-order valence-electron chi connectivity index (χ2n) is 8.94. The molecule has 2 fully saturated rings. The Morgan fingerprint density at radius 2 is 1.79 bits per heavy atom. The quantitative estimate of drug-likeness (QED) is 0.415. The Morgan fingerprint density at radius 1 is 1.09 bits per heavy atom. The van der Waals surface area contributed by atoms with E-state index in [1.165, 1.54) is 23.5 Å². The Bertz CT molecular complexity index is 1160. The van der Waals surface area contributed by atoms with E-state index in [9.17, 15) is 14.0 Å². The molecule has 2 aliphatic carbocycles. The summed E-state index contributed by atoms with van der Waals surface area (Å²) in [5.41, 5.74) is 2.35. The van der Waals surface area contributed by atoms with Crippen molar-refractivity contribution < 1.29 is 14.0 Å². The molecule has 2 bridgehead atoms. The number of nitrogens with zero attached hydrogens (tertiary/aromatic N) is 2. The monoisotopic (exact) mass is 482 g/mol. The maximum absolute atomic E-state index is 13.8. The third kappa shape index (κ3) is 4.59. The van der Waals surface area contributed by atoms with Crippen molar-refractivity contribution in [2.45, 2.75) is 38.6 Å². The first-order valence-corrected chi connectivity index (χ1v) is 12.6. The van der Waals surface area contributed by atoms with E-state index < -0.39 is 0 Å². The highest BCUT2D eigenvalue weighted by Crippen LogP contribution is 2.42. The van der Waals surface area contributed by atoms with Crippen LogP contribution in [0.15, 0.2) is 53.9 Å².